The molecule has 22 heavy (non-hydrogen) atoms. The van der Waals surface area contributed by atoms with Gasteiger partial charge in [-0.2, -0.15) is 0 Å². The van der Waals surface area contributed by atoms with Crippen molar-refractivity contribution in [2.45, 2.75) is 4.90 Å². The van der Waals surface area contributed by atoms with Crippen molar-refractivity contribution >= 4 is 46.7 Å². The number of benzene rings is 2. The Bertz CT molecular complexity index is 704. The number of amides is 3. The van der Waals surface area contributed by atoms with Crippen LogP contribution in [0.1, 0.15) is 10.4 Å². The second-order valence-electron chi connectivity index (χ2n) is 4.37. The molecular formula is C15H14ClN3O2S. The summed E-state index contributed by atoms with van der Waals surface area (Å²) < 4.78 is 0. The summed E-state index contributed by atoms with van der Waals surface area (Å²) in [7, 11) is 0. The quantitative estimate of drug-likeness (QED) is 0.743. The lowest BCUT2D eigenvalue weighted by atomic mass is 10.2. The van der Waals surface area contributed by atoms with Gasteiger partial charge in [-0.25, -0.2) is 4.79 Å². The topological polar surface area (TPSA) is 84.2 Å². The molecule has 0 atom stereocenters. The second-order valence-corrected chi connectivity index (χ2v) is 5.65. The van der Waals surface area contributed by atoms with Crippen molar-refractivity contribution in [2.24, 2.45) is 5.73 Å². The van der Waals surface area contributed by atoms with Gasteiger partial charge in [-0.3, -0.25) is 4.79 Å². The molecule has 0 heterocycles. The molecule has 0 fully saturated rings. The summed E-state index contributed by atoms with van der Waals surface area (Å²) in [5.74, 6) is -0.295. The number of carbonyl (C=O) groups excluding carboxylic acids is 2. The number of carbonyl (C=O) groups is 2. The molecule has 0 aromatic heterocycles. The fourth-order valence-corrected chi connectivity index (χ4v) is 2.43. The van der Waals surface area contributed by atoms with Crippen molar-refractivity contribution < 1.29 is 9.59 Å². The van der Waals surface area contributed by atoms with Gasteiger partial charge in [0.2, 0.25) is 0 Å². The van der Waals surface area contributed by atoms with Crippen molar-refractivity contribution in [3.63, 3.8) is 0 Å². The number of nitrogens with two attached hydrogens (primary N) is 1. The van der Waals surface area contributed by atoms with Crippen LogP contribution in [-0.4, -0.2) is 18.2 Å². The summed E-state index contributed by atoms with van der Waals surface area (Å²) >= 11 is 7.60. The monoisotopic (exact) mass is 335 g/mol. The van der Waals surface area contributed by atoms with Gasteiger partial charge in [0, 0.05) is 16.3 Å². The lowest BCUT2D eigenvalue weighted by Gasteiger charge is -2.09. The van der Waals surface area contributed by atoms with Crippen molar-refractivity contribution in [2.75, 3.05) is 16.9 Å². The Hall–Kier alpha value is -2.18. The fraction of sp³-hybridized carbons (Fsp3) is 0.0667. The predicted molar refractivity (Wildman–Crippen MR) is 90.8 cm³/mol. The minimum atomic E-state index is -0.641. The number of primary amides is 1. The number of halogens is 1. The number of nitrogens with one attached hydrogen (secondary N) is 2. The minimum absolute atomic E-state index is 0.295. The molecule has 0 unspecified atom stereocenters. The molecule has 2 aromatic rings. The molecule has 0 bridgehead atoms. The zero-order chi connectivity index (χ0) is 16.1. The maximum atomic E-state index is 12.3. The summed E-state index contributed by atoms with van der Waals surface area (Å²) in [6.07, 6.45) is 1.93. The highest BCUT2D eigenvalue weighted by Gasteiger charge is 2.11. The number of urea groups is 1. The Kier molecular flexibility index (Phi) is 5.30. The van der Waals surface area contributed by atoms with Crippen molar-refractivity contribution in [3.05, 3.63) is 53.1 Å². The van der Waals surface area contributed by atoms with Crippen molar-refractivity contribution in [1.29, 1.82) is 0 Å². The zero-order valence-electron chi connectivity index (χ0n) is 11.7. The van der Waals surface area contributed by atoms with E-state index in [0.29, 0.717) is 22.0 Å². The van der Waals surface area contributed by atoms with E-state index in [1.54, 1.807) is 36.4 Å². The SMILES string of the molecule is CSc1ccc(Cl)c(C(=O)Nc2ccc(NC(N)=O)cc2)c1. The van der Waals surface area contributed by atoms with Crippen molar-refractivity contribution in [3.8, 4) is 0 Å². The average Bonchev–Trinajstić information content (AvgIpc) is 2.49. The molecule has 114 valence electrons. The largest absolute Gasteiger partial charge is 0.351 e. The first-order chi connectivity index (χ1) is 10.5. The molecule has 2 aromatic carbocycles. The van der Waals surface area contributed by atoms with Gasteiger partial charge in [0.25, 0.3) is 5.91 Å². The molecule has 0 saturated carbocycles. The van der Waals surface area contributed by atoms with E-state index >= 15 is 0 Å². The van der Waals surface area contributed by atoms with Gasteiger partial charge >= 0.3 is 6.03 Å². The van der Waals surface area contributed by atoms with E-state index in [-0.39, 0.29) is 5.91 Å². The number of thioether (sulfide) groups is 1. The van der Waals surface area contributed by atoms with Crippen LogP contribution in [0.2, 0.25) is 5.02 Å². The minimum Gasteiger partial charge on any atom is -0.351 e. The van der Waals surface area contributed by atoms with Gasteiger partial charge in [0.05, 0.1) is 10.6 Å². The average molecular weight is 336 g/mol. The zero-order valence-corrected chi connectivity index (χ0v) is 13.3. The van der Waals surface area contributed by atoms with Crippen LogP contribution in [0.4, 0.5) is 16.2 Å². The molecule has 0 aliphatic rings. The highest BCUT2D eigenvalue weighted by atomic mass is 35.5. The van der Waals surface area contributed by atoms with Gasteiger partial charge < -0.3 is 16.4 Å². The van der Waals surface area contributed by atoms with Crippen LogP contribution in [0.15, 0.2) is 47.4 Å². The smallest absolute Gasteiger partial charge is 0.316 e. The predicted octanol–water partition coefficient (Wildman–Crippen LogP) is 3.80. The van der Waals surface area contributed by atoms with E-state index in [1.807, 2.05) is 12.3 Å². The van der Waals surface area contributed by atoms with Crippen LogP contribution >= 0.6 is 23.4 Å². The number of hydrogen-bond acceptors (Lipinski definition) is 3. The van der Waals surface area contributed by atoms with Crippen LogP contribution in [0.5, 0.6) is 0 Å². The summed E-state index contributed by atoms with van der Waals surface area (Å²) in [6.45, 7) is 0. The Labute approximate surface area is 137 Å². The molecule has 0 aliphatic heterocycles. The normalized spacial score (nSPS) is 10.1. The second kappa shape index (κ2) is 7.20. The van der Waals surface area contributed by atoms with Crippen LogP contribution in [-0.2, 0) is 0 Å². The molecule has 0 radical (unpaired) electrons. The first-order valence-electron chi connectivity index (χ1n) is 6.31. The number of rotatable bonds is 4. The Morgan fingerprint density at radius 1 is 1.05 bits per heavy atom. The molecule has 5 nitrogen and oxygen atoms in total. The van der Waals surface area contributed by atoms with E-state index in [0.717, 1.165) is 4.90 Å². The Morgan fingerprint density at radius 3 is 2.18 bits per heavy atom. The standard InChI is InChI=1S/C15H14ClN3O2S/c1-22-11-6-7-13(16)12(8-11)14(20)18-9-2-4-10(5-3-9)19-15(17)21/h2-8H,1H3,(H,18,20)(H3,17,19,21). The van der Waals surface area contributed by atoms with E-state index in [9.17, 15) is 9.59 Å². The molecule has 3 amide bonds. The van der Waals surface area contributed by atoms with Gasteiger partial charge in [-0.15, -0.1) is 11.8 Å². The van der Waals surface area contributed by atoms with Crippen LogP contribution in [0, 0.1) is 0 Å². The molecule has 0 saturated heterocycles. The molecule has 2 rings (SSSR count). The third-order valence-electron chi connectivity index (χ3n) is 2.83. The summed E-state index contributed by atoms with van der Waals surface area (Å²) in [4.78, 5) is 24.0. The van der Waals surface area contributed by atoms with Gasteiger partial charge in [-0.1, -0.05) is 11.6 Å². The van der Waals surface area contributed by atoms with E-state index < -0.39 is 6.03 Å². The maximum absolute atomic E-state index is 12.3. The van der Waals surface area contributed by atoms with Crippen LogP contribution in [0.3, 0.4) is 0 Å². The first kappa shape index (κ1) is 16.2. The summed E-state index contributed by atoms with van der Waals surface area (Å²) in [5.41, 5.74) is 6.57. The fourth-order valence-electron chi connectivity index (χ4n) is 1.78. The van der Waals surface area contributed by atoms with Crippen LogP contribution in [0.25, 0.3) is 0 Å². The molecule has 0 aliphatic carbocycles. The van der Waals surface area contributed by atoms with E-state index in [1.165, 1.54) is 11.8 Å². The van der Waals surface area contributed by atoms with Gasteiger partial charge in [-0.05, 0) is 48.7 Å². The van der Waals surface area contributed by atoms with Crippen LogP contribution < -0.4 is 16.4 Å². The summed E-state index contributed by atoms with van der Waals surface area (Å²) in [6, 6.07) is 11.3. The molecule has 4 N–H and O–H groups in total. The molecule has 0 spiro atoms. The highest BCUT2D eigenvalue weighted by molar-refractivity contribution is 7.98. The third kappa shape index (κ3) is 4.16. The Morgan fingerprint density at radius 2 is 1.64 bits per heavy atom. The Balaban J connectivity index is 2.13. The third-order valence-corrected chi connectivity index (χ3v) is 3.88. The van der Waals surface area contributed by atoms with E-state index in [4.69, 9.17) is 17.3 Å². The van der Waals surface area contributed by atoms with Gasteiger partial charge in [0.15, 0.2) is 0 Å². The number of anilines is 2. The molecular weight excluding hydrogens is 322 g/mol. The van der Waals surface area contributed by atoms with Gasteiger partial charge in [0.1, 0.15) is 0 Å². The van der Waals surface area contributed by atoms with E-state index in [2.05, 4.69) is 10.6 Å². The lowest BCUT2D eigenvalue weighted by Crippen LogP contribution is -2.19. The first-order valence-corrected chi connectivity index (χ1v) is 7.91. The number of hydrogen-bond donors (Lipinski definition) is 3. The lowest BCUT2D eigenvalue weighted by molar-refractivity contribution is 0.102. The van der Waals surface area contributed by atoms with Crippen molar-refractivity contribution in [1.82, 2.24) is 0 Å². The maximum Gasteiger partial charge on any atom is 0.316 e. The highest BCUT2D eigenvalue weighted by Crippen LogP contribution is 2.24. The summed E-state index contributed by atoms with van der Waals surface area (Å²) in [5, 5.41) is 5.59. The molecule has 7 heteroatoms.